The molecule has 30 heavy (non-hydrogen) atoms. The first-order chi connectivity index (χ1) is 13.9. The molecule has 3 rings (SSSR count). The van der Waals surface area contributed by atoms with Gasteiger partial charge in [0.05, 0.1) is 16.3 Å². The molecule has 1 fully saturated rings. The smallest absolute Gasteiger partial charge is 0.419 e. The van der Waals surface area contributed by atoms with Crippen LogP contribution >= 0.6 is 11.6 Å². The first kappa shape index (κ1) is 22.6. The van der Waals surface area contributed by atoms with Crippen LogP contribution in [0.25, 0.3) is 0 Å². The summed E-state index contributed by atoms with van der Waals surface area (Å²) in [6.45, 7) is 1.05. The Morgan fingerprint density at radius 2 is 1.87 bits per heavy atom. The molecule has 0 saturated carbocycles. The number of likely N-dealkylation sites (tertiary alicyclic amines) is 1. The lowest BCUT2D eigenvalue weighted by Gasteiger charge is -2.19. The van der Waals surface area contributed by atoms with Gasteiger partial charge < -0.3 is 9.64 Å². The fourth-order valence-electron chi connectivity index (χ4n) is 3.01. The summed E-state index contributed by atoms with van der Waals surface area (Å²) in [6, 6.07) is 3.29. The molecule has 0 bridgehead atoms. The Labute approximate surface area is 174 Å². The Balaban J connectivity index is 1.94. The molecule has 0 radical (unpaired) electrons. The second-order valence-corrected chi connectivity index (χ2v) is 8.86. The SMILES string of the molecule is CN1CC[C@H](Oc2cc(NS(=O)(=O)c3cc(Cl)c(F)cc3F)ccc2C(F)(F)F)C1. The van der Waals surface area contributed by atoms with Gasteiger partial charge in [0.1, 0.15) is 28.4 Å². The van der Waals surface area contributed by atoms with E-state index in [9.17, 15) is 30.4 Å². The minimum atomic E-state index is -4.73. The number of likely N-dealkylation sites (N-methyl/N-ethyl adjacent to an activating group) is 1. The number of anilines is 1. The summed E-state index contributed by atoms with van der Waals surface area (Å²) < 4.78 is 99.6. The molecule has 0 aromatic heterocycles. The van der Waals surface area contributed by atoms with Gasteiger partial charge in [-0.25, -0.2) is 17.2 Å². The van der Waals surface area contributed by atoms with Gasteiger partial charge in [0, 0.05) is 25.2 Å². The normalized spacial score (nSPS) is 17.9. The van der Waals surface area contributed by atoms with Gasteiger partial charge in [0.15, 0.2) is 0 Å². The van der Waals surface area contributed by atoms with Crippen molar-refractivity contribution in [2.75, 3.05) is 24.9 Å². The Morgan fingerprint density at radius 3 is 2.47 bits per heavy atom. The lowest BCUT2D eigenvalue weighted by atomic mass is 10.1. The second kappa shape index (κ2) is 8.20. The molecule has 12 heteroatoms. The maximum absolute atomic E-state index is 13.9. The van der Waals surface area contributed by atoms with Crippen molar-refractivity contribution >= 4 is 27.3 Å². The standard InChI is InChI=1S/C18H16ClF5N2O3S/c1-26-5-4-11(9-26)29-16-6-10(2-3-12(16)18(22,23)24)25-30(27,28)17-7-13(19)14(20)8-15(17)21/h2-3,6-8,11,25H,4-5,9H2,1H3/t11-/m0/s1. The summed E-state index contributed by atoms with van der Waals surface area (Å²) >= 11 is 5.52. The number of sulfonamides is 1. The molecule has 0 spiro atoms. The summed E-state index contributed by atoms with van der Waals surface area (Å²) in [5.41, 5.74) is -1.36. The summed E-state index contributed by atoms with van der Waals surface area (Å²) in [5.74, 6) is -3.11. The number of alkyl halides is 3. The molecule has 1 heterocycles. The van der Waals surface area contributed by atoms with E-state index >= 15 is 0 Å². The number of benzene rings is 2. The van der Waals surface area contributed by atoms with Gasteiger partial charge in [0.2, 0.25) is 0 Å². The molecule has 1 atom stereocenters. The van der Waals surface area contributed by atoms with Crippen LogP contribution in [0.2, 0.25) is 5.02 Å². The Hall–Kier alpha value is -2.11. The van der Waals surface area contributed by atoms with E-state index in [2.05, 4.69) is 0 Å². The number of nitrogens with zero attached hydrogens (tertiary/aromatic N) is 1. The summed E-state index contributed by atoms with van der Waals surface area (Å²) in [6.07, 6.45) is -4.73. The molecular weight excluding hydrogens is 455 g/mol. The van der Waals surface area contributed by atoms with Crippen molar-refractivity contribution in [3.8, 4) is 5.75 Å². The van der Waals surface area contributed by atoms with E-state index in [1.165, 1.54) is 0 Å². The molecule has 1 saturated heterocycles. The minimum Gasteiger partial charge on any atom is -0.488 e. The average molecular weight is 471 g/mol. The summed E-state index contributed by atoms with van der Waals surface area (Å²) in [7, 11) is -2.81. The summed E-state index contributed by atoms with van der Waals surface area (Å²) in [4.78, 5) is 0.930. The van der Waals surface area contributed by atoms with Crippen molar-refractivity contribution in [2.45, 2.75) is 23.6 Å². The van der Waals surface area contributed by atoms with Gasteiger partial charge in [0.25, 0.3) is 10.0 Å². The van der Waals surface area contributed by atoms with Crippen molar-refractivity contribution < 1.29 is 35.1 Å². The van der Waals surface area contributed by atoms with Crippen LogP contribution in [0.1, 0.15) is 12.0 Å². The van der Waals surface area contributed by atoms with Gasteiger partial charge >= 0.3 is 6.18 Å². The Kier molecular flexibility index (Phi) is 6.17. The van der Waals surface area contributed by atoms with Gasteiger partial charge in [-0.1, -0.05) is 11.6 Å². The molecule has 0 unspecified atom stereocenters. The highest BCUT2D eigenvalue weighted by molar-refractivity contribution is 7.92. The van der Waals surface area contributed by atoms with E-state index in [1.54, 1.807) is 7.05 Å². The largest absolute Gasteiger partial charge is 0.488 e. The molecule has 0 amide bonds. The Morgan fingerprint density at radius 1 is 1.17 bits per heavy atom. The molecule has 164 valence electrons. The predicted octanol–water partition coefficient (Wildman–Crippen LogP) is 4.52. The maximum atomic E-state index is 13.9. The fourth-order valence-corrected chi connectivity index (χ4v) is 4.37. The van der Waals surface area contributed by atoms with E-state index in [-0.39, 0.29) is 5.69 Å². The lowest BCUT2D eigenvalue weighted by Crippen LogP contribution is -2.23. The number of ether oxygens (including phenoxy) is 1. The van der Waals surface area contributed by atoms with Gasteiger partial charge in [-0.15, -0.1) is 0 Å². The zero-order valence-corrected chi connectivity index (χ0v) is 17.0. The molecule has 1 N–H and O–H groups in total. The molecular formula is C18H16ClF5N2O3S. The minimum absolute atomic E-state index is 0.288. The third-order valence-electron chi connectivity index (χ3n) is 4.45. The average Bonchev–Trinajstić information content (AvgIpc) is 3.01. The zero-order valence-electron chi connectivity index (χ0n) is 15.4. The molecule has 1 aliphatic rings. The number of hydrogen-bond acceptors (Lipinski definition) is 4. The van der Waals surface area contributed by atoms with Crippen LogP contribution < -0.4 is 9.46 Å². The number of rotatable bonds is 5. The van der Waals surface area contributed by atoms with Crippen LogP contribution in [0.15, 0.2) is 35.2 Å². The van der Waals surface area contributed by atoms with Crippen LogP contribution in [0, 0.1) is 11.6 Å². The fraction of sp³-hybridized carbons (Fsp3) is 0.333. The first-order valence-corrected chi connectivity index (χ1v) is 10.5. The molecule has 2 aromatic carbocycles. The monoisotopic (exact) mass is 470 g/mol. The van der Waals surface area contributed by atoms with E-state index in [0.29, 0.717) is 37.7 Å². The van der Waals surface area contributed by atoms with Crippen LogP contribution in [-0.2, 0) is 16.2 Å². The van der Waals surface area contributed by atoms with Crippen molar-refractivity contribution in [2.24, 2.45) is 0 Å². The van der Waals surface area contributed by atoms with Gasteiger partial charge in [-0.3, -0.25) is 4.72 Å². The van der Waals surface area contributed by atoms with Crippen molar-refractivity contribution in [1.82, 2.24) is 4.90 Å². The van der Waals surface area contributed by atoms with Gasteiger partial charge in [-0.2, -0.15) is 13.2 Å². The third-order valence-corrected chi connectivity index (χ3v) is 6.13. The van der Waals surface area contributed by atoms with Crippen LogP contribution in [-0.4, -0.2) is 39.6 Å². The summed E-state index contributed by atoms with van der Waals surface area (Å²) in [5, 5.41) is -0.626. The van der Waals surface area contributed by atoms with Crippen LogP contribution in [0.5, 0.6) is 5.75 Å². The number of halogens is 6. The van der Waals surface area contributed by atoms with Crippen molar-refractivity contribution in [3.63, 3.8) is 0 Å². The second-order valence-electron chi connectivity index (χ2n) is 6.80. The molecule has 1 aliphatic heterocycles. The molecule has 5 nitrogen and oxygen atoms in total. The highest BCUT2D eigenvalue weighted by Crippen LogP contribution is 2.39. The molecule has 2 aromatic rings. The van der Waals surface area contributed by atoms with Crippen molar-refractivity contribution in [3.05, 3.63) is 52.6 Å². The molecule has 0 aliphatic carbocycles. The van der Waals surface area contributed by atoms with Crippen LogP contribution in [0.4, 0.5) is 27.6 Å². The zero-order chi connectivity index (χ0) is 22.3. The van der Waals surface area contributed by atoms with Crippen molar-refractivity contribution in [1.29, 1.82) is 0 Å². The number of nitrogens with one attached hydrogen (secondary N) is 1. The van der Waals surface area contributed by atoms with Gasteiger partial charge in [-0.05, 0) is 31.7 Å². The quantitative estimate of drug-likeness (QED) is 0.515. The van der Waals surface area contributed by atoms with E-state index in [0.717, 1.165) is 12.1 Å². The lowest BCUT2D eigenvalue weighted by molar-refractivity contribution is -0.139. The predicted molar refractivity (Wildman–Crippen MR) is 100 cm³/mol. The van der Waals surface area contributed by atoms with Crippen LogP contribution in [0.3, 0.4) is 0 Å². The topological polar surface area (TPSA) is 58.6 Å². The number of hydrogen-bond donors (Lipinski definition) is 1. The first-order valence-electron chi connectivity index (χ1n) is 8.60. The van der Waals surface area contributed by atoms with E-state index in [1.807, 2.05) is 9.62 Å². The highest BCUT2D eigenvalue weighted by Gasteiger charge is 2.36. The maximum Gasteiger partial charge on any atom is 0.419 e. The highest BCUT2D eigenvalue weighted by atomic mass is 35.5. The third kappa shape index (κ3) is 4.96. The Bertz CT molecular complexity index is 1060. The van der Waals surface area contributed by atoms with E-state index in [4.69, 9.17) is 16.3 Å². The van der Waals surface area contributed by atoms with E-state index < -0.39 is 55.2 Å².